The van der Waals surface area contributed by atoms with E-state index in [2.05, 4.69) is 15.3 Å². The number of aromatic nitrogens is 2. The zero-order valence-corrected chi connectivity index (χ0v) is 10.1. The molecule has 1 amide bonds. The van der Waals surface area contributed by atoms with Crippen molar-refractivity contribution in [3.05, 3.63) is 59.5 Å². The lowest BCUT2D eigenvalue weighted by Gasteiger charge is -2.00. The molecule has 0 spiro atoms. The number of hydrogen-bond donors (Lipinski definition) is 1. The highest BCUT2D eigenvalue weighted by Crippen LogP contribution is 2.08. The van der Waals surface area contributed by atoms with Crippen LogP contribution in [0.5, 0.6) is 0 Å². The Balaban J connectivity index is 1.99. The van der Waals surface area contributed by atoms with E-state index in [0.29, 0.717) is 5.82 Å². The molecule has 90 valence electrons. The van der Waals surface area contributed by atoms with Gasteiger partial charge in [-0.25, -0.2) is 9.97 Å². The number of benzene rings is 1. The van der Waals surface area contributed by atoms with Gasteiger partial charge in [0.1, 0.15) is 17.3 Å². The number of nitrogens with one attached hydrogen (secondary N) is 1. The molecule has 2 rings (SSSR count). The van der Waals surface area contributed by atoms with E-state index in [0.717, 1.165) is 5.56 Å². The van der Waals surface area contributed by atoms with E-state index >= 15 is 0 Å². The van der Waals surface area contributed by atoms with Crippen LogP contribution in [-0.2, 0) is 4.79 Å². The molecule has 0 aliphatic carbocycles. The molecular weight excluding hydrogens is 250 g/mol. The molecule has 0 radical (unpaired) electrons. The van der Waals surface area contributed by atoms with Crippen molar-refractivity contribution in [1.29, 1.82) is 0 Å². The lowest BCUT2D eigenvalue weighted by atomic mass is 10.2. The fraction of sp³-hybridized carbons (Fsp3) is 0. The molecule has 0 aliphatic rings. The van der Waals surface area contributed by atoms with Gasteiger partial charge in [-0.1, -0.05) is 41.9 Å². The lowest BCUT2D eigenvalue weighted by Crippen LogP contribution is -2.09. The summed E-state index contributed by atoms with van der Waals surface area (Å²) < 4.78 is 0. The van der Waals surface area contributed by atoms with E-state index < -0.39 is 0 Å². The number of amides is 1. The van der Waals surface area contributed by atoms with Gasteiger partial charge in [-0.15, -0.1) is 0 Å². The van der Waals surface area contributed by atoms with Gasteiger partial charge in [0, 0.05) is 12.1 Å². The van der Waals surface area contributed by atoms with Crippen LogP contribution < -0.4 is 5.32 Å². The van der Waals surface area contributed by atoms with Gasteiger partial charge in [-0.2, -0.15) is 0 Å². The molecule has 0 unspecified atom stereocenters. The lowest BCUT2D eigenvalue weighted by molar-refractivity contribution is -0.111. The minimum atomic E-state index is -0.270. The van der Waals surface area contributed by atoms with Crippen molar-refractivity contribution in [2.24, 2.45) is 0 Å². The maximum absolute atomic E-state index is 11.6. The van der Waals surface area contributed by atoms with Crippen LogP contribution in [-0.4, -0.2) is 15.9 Å². The first-order valence-electron chi connectivity index (χ1n) is 5.26. The number of anilines is 1. The third-order valence-corrected chi connectivity index (χ3v) is 2.32. The molecular formula is C13H10ClN3O. The second kappa shape index (κ2) is 5.93. The second-order valence-electron chi connectivity index (χ2n) is 3.46. The largest absolute Gasteiger partial charge is 0.307 e. The van der Waals surface area contributed by atoms with E-state index in [1.807, 2.05) is 30.3 Å². The van der Waals surface area contributed by atoms with Crippen LogP contribution in [0.1, 0.15) is 5.56 Å². The standard InChI is InChI=1S/C13H10ClN3O/c14-11-8-12(16-9-15-11)17-13(18)7-6-10-4-2-1-3-5-10/h1-9H,(H,15,16,17,18)/b7-6+. The minimum absolute atomic E-state index is 0.270. The smallest absolute Gasteiger partial charge is 0.249 e. The fourth-order valence-electron chi connectivity index (χ4n) is 1.31. The summed E-state index contributed by atoms with van der Waals surface area (Å²) >= 11 is 5.68. The summed E-state index contributed by atoms with van der Waals surface area (Å²) in [5.41, 5.74) is 0.952. The normalized spacial score (nSPS) is 10.5. The van der Waals surface area contributed by atoms with Crippen molar-refractivity contribution in [3.63, 3.8) is 0 Å². The quantitative estimate of drug-likeness (QED) is 0.681. The molecule has 5 heteroatoms. The fourth-order valence-corrected chi connectivity index (χ4v) is 1.45. The zero-order valence-electron chi connectivity index (χ0n) is 9.38. The summed E-state index contributed by atoms with van der Waals surface area (Å²) in [6.07, 6.45) is 4.45. The Kier molecular flexibility index (Phi) is 4.04. The van der Waals surface area contributed by atoms with E-state index in [1.54, 1.807) is 6.08 Å². The highest BCUT2D eigenvalue weighted by Gasteiger charge is 1.99. The zero-order chi connectivity index (χ0) is 12.8. The Morgan fingerprint density at radius 2 is 2.00 bits per heavy atom. The number of nitrogens with zero attached hydrogens (tertiary/aromatic N) is 2. The highest BCUT2D eigenvalue weighted by molar-refractivity contribution is 6.29. The van der Waals surface area contributed by atoms with E-state index in [-0.39, 0.29) is 11.1 Å². The summed E-state index contributed by atoms with van der Waals surface area (Å²) in [6.45, 7) is 0. The van der Waals surface area contributed by atoms with Crippen molar-refractivity contribution < 1.29 is 4.79 Å². The Hall–Kier alpha value is -2.20. The van der Waals surface area contributed by atoms with Crippen molar-refractivity contribution >= 4 is 29.4 Å². The SMILES string of the molecule is O=C(/C=C/c1ccccc1)Nc1cc(Cl)ncn1. The van der Waals surface area contributed by atoms with Gasteiger partial charge in [0.25, 0.3) is 0 Å². The summed E-state index contributed by atoms with van der Waals surface area (Å²) in [7, 11) is 0. The molecule has 1 aromatic heterocycles. The van der Waals surface area contributed by atoms with E-state index in [4.69, 9.17) is 11.6 Å². The first kappa shape index (κ1) is 12.3. The molecule has 0 aliphatic heterocycles. The average Bonchev–Trinajstić information content (AvgIpc) is 2.38. The van der Waals surface area contributed by atoms with Crippen LogP contribution in [0.25, 0.3) is 6.08 Å². The van der Waals surface area contributed by atoms with E-state index in [1.165, 1.54) is 18.5 Å². The number of carbonyl (C=O) groups excluding carboxylic acids is 1. The Bertz CT molecular complexity index is 569. The molecule has 0 fully saturated rings. The first-order chi connectivity index (χ1) is 8.74. The van der Waals surface area contributed by atoms with Gasteiger partial charge in [0.2, 0.25) is 5.91 Å². The van der Waals surface area contributed by atoms with Crippen LogP contribution in [0, 0.1) is 0 Å². The molecule has 0 saturated carbocycles. The predicted molar refractivity (Wildman–Crippen MR) is 71.1 cm³/mol. The van der Waals surface area contributed by atoms with Crippen LogP contribution in [0.4, 0.5) is 5.82 Å². The molecule has 0 saturated heterocycles. The van der Waals surface area contributed by atoms with Gasteiger partial charge in [-0.05, 0) is 11.6 Å². The van der Waals surface area contributed by atoms with E-state index in [9.17, 15) is 4.79 Å². The predicted octanol–water partition coefficient (Wildman–Crippen LogP) is 2.78. The Morgan fingerprint density at radius 1 is 1.22 bits per heavy atom. The molecule has 4 nitrogen and oxygen atoms in total. The van der Waals surface area contributed by atoms with Gasteiger partial charge in [0.15, 0.2) is 0 Å². The molecule has 0 bridgehead atoms. The maximum atomic E-state index is 11.6. The average molecular weight is 260 g/mol. The Morgan fingerprint density at radius 3 is 2.72 bits per heavy atom. The van der Waals surface area contributed by atoms with Gasteiger partial charge in [-0.3, -0.25) is 4.79 Å². The number of rotatable bonds is 3. The summed E-state index contributed by atoms with van der Waals surface area (Å²) in [6, 6.07) is 11.0. The molecule has 0 atom stereocenters. The van der Waals surface area contributed by atoms with Crippen molar-refractivity contribution in [1.82, 2.24) is 9.97 Å². The third kappa shape index (κ3) is 3.68. The van der Waals surface area contributed by atoms with Gasteiger partial charge < -0.3 is 5.32 Å². The summed E-state index contributed by atoms with van der Waals surface area (Å²) in [5, 5.41) is 2.88. The second-order valence-corrected chi connectivity index (χ2v) is 3.85. The topological polar surface area (TPSA) is 54.9 Å². The molecule has 1 aromatic carbocycles. The Labute approximate surface area is 109 Å². The monoisotopic (exact) mass is 259 g/mol. The van der Waals surface area contributed by atoms with Crippen LogP contribution in [0.2, 0.25) is 5.15 Å². The number of halogens is 1. The molecule has 2 aromatic rings. The maximum Gasteiger partial charge on any atom is 0.249 e. The summed E-state index contributed by atoms with van der Waals surface area (Å²) in [5.74, 6) is 0.103. The van der Waals surface area contributed by atoms with Crippen molar-refractivity contribution in [2.75, 3.05) is 5.32 Å². The first-order valence-corrected chi connectivity index (χ1v) is 5.63. The van der Waals surface area contributed by atoms with Gasteiger partial charge >= 0.3 is 0 Å². The number of carbonyl (C=O) groups is 1. The van der Waals surface area contributed by atoms with Crippen molar-refractivity contribution in [2.45, 2.75) is 0 Å². The van der Waals surface area contributed by atoms with Crippen LogP contribution in [0.15, 0.2) is 48.8 Å². The molecule has 18 heavy (non-hydrogen) atoms. The van der Waals surface area contributed by atoms with Crippen molar-refractivity contribution in [3.8, 4) is 0 Å². The van der Waals surface area contributed by atoms with Crippen LogP contribution in [0.3, 0.4) is 0 Å². The number of hydrogen-bond acceptors (Lipinski definition) is 3. The van der Waals surface area contributed by atoms with Crippen LogP contribution >= 0.6 is 11.6 Å². The summed E-state index contributed by atoms with van der Waals surface area (Å²) in [4.78, 5) is 19.2. The molecule has 1 heterocycles. The highest BCUT2D eigenvalue weighted by atomic mass is 35.5. The van der Waals surface area contributed by atoms with Gasteiger partial charge in [0.05, 0.1) is 0 Å². The third-order valence-electron chi connectivity index (χ3n) is 2.11. The molecule has 1 N–H and O–H groups in total. The minimum Gasteiger partial charge on any atom is -0.307 e.